The van der Waals surface area contributed by atoms with Crippen molar-refractivity contribution < 1.29 is 19.1 Å². The summed E-state index contributed by atoms with van der Waals surface area (Å²) in [5.41, 5.74) is 1.01. The van der Waals surface area contributed by atoms with Gasteiger partial charge in [-0.3, -0.25) is 14.5 Å². The summed E-state index contributed by atoms with van der Waals surface area (Å²) >= 11 is 0. The molecule has 1 aromatic carbocycles. The molecule has 0 aliphatic carbocycles. The minimum Gasteiger partial charge on any atom is -0.493 e. The largest absolute Gasteiger partial charge is 0.493 e. The van der Waals surface area contributed by atoms with Crippen molar-refractivity contribution in [2.75, 3.05) is 40.9 Å². The first-order valence-corrected chi connectivity index (χ1v) is 7.45. The van der Waals surface area contributed by atoms with Crippen LogP contribution in [0.15, 0.2) is 18.2 Å². The minimum atomic E-state index is -0.225. The molecule has 1 rings (SSSR count). The van der Waals surface area contributed by atoms with Gasteiger partial charge in [-0.1, -0.05) is 6.07 Å². The number of nitrogens with one attached hydrogen (secondary N) is 2. The number of amides is 2. The highest BCUT2D eigenvalue weighted by molar-refractivity contribution is 5.85. The van der Waals surface area contributed by atoms with Crippen LogP contribution in [0.1, 0.15) is 12.5 Å². The molecule has 0 unspecified atom stereocenters. The van der Waals surface area contributed by atoms with Crippen molar-refractivity contribution in [2.45, 2.75) is 13.5 Å². The Hall–Kier alpha value is -2.28. The Morgan fingerprint density at radius 3 is 2.57 bits per heavy atom. The summed E-state index contributed by atoms with van der Waals surface area (Å²) in [7, 11) is 4.96. The zero-order valence-electron chi connectivity index (χ0n) is 14.1. The van der Waals surface area contributed by atoms with E-state index in [-0.39, 0.29) is 24.9 Å². The Kier molecular flexibility index (Phi) is 7.90. The second-order valence-corrected chi connectivity index (χ2v) is 5.04. The molecule has 0 fully saturated rings. The van der Waals surface area contributed by atoms with Crippen LogP contribution in [-0.2, 0) is 16.1 Å². The lowest BCUT2D eigenvalue weighted by Gasteiger charge is -2.17. The molecule has 7 heteroatoms. The molecule has 2 N–H and O–H groups in total. The molecular formula is C16H25N3O4. The number of carbonyl (C=O) groups excluding carboxylic acids is 2. The first kappa shape index (κ1) is 18.8. The van der Waals surface area contributed by atoms with Crippen LogP contribution < -0.4 is 20.1 Å². The number of hydrogen-bond donors (Lipinski definition) is 2. The van der Waals surface area contributed by atoms with Gasteiger partial charge in [0.1, 0.15) is 0 Å². The van der Waals surface area contributed by atoms with Gasteiger partial charge in [-0.05, 0) is 31.7 Å². The molecule has 1 aromatic rings. The zero-order chi connectivity index (χ0) is 17.2. The predicted molar refractivity (Wildman–Crippen MR) is 87.6 cm³/mol. The Balaban J connectivity index is 2.55. The Morgan fingerprint density at radius 2 is 1.96 bits per heavy atom. The van der Waals surface area contributed by atoms with E-state index in [1.54, 1.807) is 7.11 Å². The van der Waals surface area contributed by atoms with Gasteiger partial charge in [0.15, 0.2) is 11.5 Å². The van der Waals surface area contributed by atoms with Gasteiger partial charge in [0.2, 0.25) is 11.8 Å². The quantitative estimate of drug-likeness (QED) is 0.687. The minimum absolute atomic E-state index is 0.0138. The van der Waals surface area contributed by atoms with Crippen LogP contribution in [0.5, 0.6) is 11.5 Å². The summed E-state index contributed by atoms with van der Waals surface area (Å²) in [4.78, 5) is 24.7. The first-order chi connectivity index (χ1) is 11.0. The van der Waals surface area contributed by atoms with Gasteiger partial charge < -0.3 is 20.1 Å². The molecule has 0 radical (unpaired) electrons. The molecule has 0 aliphatic rings. The fourth-order valence-corrected chi connectivity index (χ4v) is 2.02. The molecule has 2 amide bonds. The average molecular weight is 323 g/mol. The molecule has 128 valence electrons. The molecular weight excluding hydrogens is 298 g/mol. The molecule has 7 nitrogen and oxygen atoms in total. The third-order valence-electron chi connectivity index (χ3n) is 3.12. The van der Waals surface area contributed by atoms with E-state index in [9.17, 15) is 9.59 Å². The van der Waals surface area contributed by atoms with Gasteiger partial charge in [0, 0.05) is 13.6 Å². The van der Waals surface area contributed by atoms with E-state index in [2.05, 4.69) is 10.6 Å². The van der Waals surface area contributed by atoms with Crippen molar-refractivity contribution in [1.82, 2.24) is 15.5 Å². The van der Waals surface area contributed by atoms with Crippen LogP contribution in [0.4, 0.5) is 0 Å². The fourth-order valence-electron chi connectivity index (χ4n) is 2.02. The number of hydrogen-bond acceptors (Lipinski definition) is 5. The fraction of sp³-hybridized carbons (Fsp3) is 0.500. The van der Waals surface area contributed by atoms with Crippen LogP contribution in [0.25, 0.3) is 0 Å². The average Bonchev–Trinajstić information content (AvgIpc) is 2.54. The van der Waals surface area contributed by atoms with E-state index < -0.39 is 0 Å². The van der Waals surface area contributed by atoms with Crippen molar-refractivity contribution in [3.05, 3.63) is 23.8 Å². The second-order valence-electron chi connectivity index (χ2n) is 5.04. The van der Waals surface area contributed by atoms with Crippen molar-refractivity contribution in [1.29, 1.82) is 0 Å². The maximum atomic E-state index is 11.7. The maximum absolute atomic E-state index is 11.7. The summed E-state index contributed by atoms with van der Waals surface area (Å²) < 4.78 is 10.8. The van der Waals surface area contributed by atoms with Gasteiger partial charge >= 0.3 is 0 Å². The van der Waals surface area contributed by atoms with E-state index in [0.717, 1.165) is 5.56 Å². The molecule has 0 saturated heterocycles. The van der Waals surface area contributed by atoms with Crippen LogP contribution in [0.2, 0.25) is 0 Å². The Bertz CT molecular complexity index is 534. The van der Waals surface area contributed by atoms with Crippen molar-refractivity contribution in [3.8, 4) is 11.5 Å². The van der Waals surface area contributed by atoms with Crippen LogP contribution in [0, 0.1) is 0 Å². The summed E-state index contributed by atoms with van der Waals surface area (Å²) in [6, 6.07) is 5.69. The van der Waals surface area contributed by atoms with Gasteiger partial charge in [0.25, 0.3) is 0 Å². The van der Waals surface area contributed by atoms with E-state index >= 15 is 0 Å². The smallest absolute Gasteiger partial charge is 0.239 e. The van der Waals surface area contributed by atoms with Crippen LogP contribution >= 0.6 is 0 Å². The van der Waals surface area contributed by atoms with E-state index in [1.807, 2.05) is 37.1 Å². The molecule has 0 spiro atoms. The zero-order valence-corrected chi connectivity index (χ0v) is 14.1. The van der Waals surface area contributed by atoms with Crippen molar-refractivity contribution >= 4 is 11.8 Å². The number of likely N-dealkylation sites (N-methyl/N-ethyl adjacent to an activating group) is 2. The van der Waals surface area contributed by atoms with Gasteiger partial charge in [-0.2, -0.15) is 0 Å². The number of benzene rings is 1. The SMILES string of the molecule is CCOc1ccc(CN(C)CC(=O)NCC(=O)NC)cc1OC. The van der Waals surface area contributed by atoms with E-state index in [0.29, 0.717) is 24.7 Å². The maximum Gasteiger partial charge on any atom is 0.239 e. The number of methoxy groups -OCH3 is 1. The third kappa shape index (κ3) is 6.56. The molecule has 23 heavy (non-hydrogen) atoms. The number of nitrogens with zero attached hydrogens (tertiary/aromatic N) is 1. The summed E-state index contributed by atoms with van der Waals surface area (Å²) in [6.07, 6.45) is 0. The summed E-state index contributed by atoms with van der Waals surface area (Å²) in [6.45, 7) is 3.25. The monoisotopic (exact) mass is 323 g/mol. The molecule has 0 saturated carbocycles. The van der Waals surface area contributed by atoms with Gasteiger partial charge in [-0.15, -0.1) is 0 Å². The topological polar surface area (TPSA) is 79.9 Å². The van der Waals surface area contributed by atoms with Crippen LogP contribution in [0.3, 0.4) is 0 Å². The van der Waals surface area contributed by atoms with Crippen molar-refractivity contribution in [3.63, 3.8) is 0 Å². The second kappa shape index (κ2) is 9.68. The van der Waals surface area contributed by atoms with Crippen molar-refractivity contribution in [2.24, 2.45) is 0 Å². The highest BCUT2D eigenvalue weighted by Gasteiger charge is 2.10. The van der Waals surface area contributed by atoms with Gasteiger partial charge in [-0.25, -0.2) is 0 Å². The third-order valence-corrected chi connectivity index (χ3v) is 3.12. The normalized spacial score (nSPS) is 10.3. The molecule has 0 bridgehead atoms. The van der Waals surface area contributed by atoms with Crippen LogP contribution in [-0.4, -0.2) is 57.6 Å². The standard InChI is InChI=1S/C16H25N3O4/c1-5-23-13-7-6-12(8-14(13)22-4)10-19(3)11-16(21)18-9-15(20)17-2/h6-8H,5,9-11H2,1-4H3,(H,17,20)(H,18,21). The number of rotatable bonds is 9. The molecule has 0 aliphatic heterocycles. The highest BCUT2D eigenvalue weighted by atomic mass is 16.5. The number of carbonyl (C=O) groups is 2. The molecule has 0 aromatic heterocycles. The van der Waals surface area contributed by atoms with Gasteiger partial charge in [0.05, 0.1) is 26.8 Å². The predicted octanol–water partition coefficient (Wildman–Crippen LogP) is 0.388. The Morgan fingerprint density at radius 1 is 1.22 bits per heavy atom. The molecule has 0 atom stereocenters. The lowest BCUT2D eigenvalue weighted by molar-refractivity contribution is -0.126. The lowest BCUT2D eigenvalue weighted by Crippen LogP contribution is -2.40. The first-order valence-electron chi connectivity index (χ1n) is 7.45. The highest BCUT2D eigenvalue weighted by Crippen LogP contribution is 2.28. The summed E-state index contributed by atoms with van der Waals surface area (Å²) in [5, 5.41) is 5.01. The molecule has 0 heterocycles. The lowest BCUT2D eigenvalue weighted by atomic mass is 10.2. The Labute approximate surface area is 136 Å². The number of ether oxygens (including phenoxy) is 2. The van der Waals surface area contributed by atoms with E-state index in [1.165, 1.54) is 7.05 Å². The summed E-state index contributed by atoms with van der Waals surface area (Å²) in [5.74, 6) is 0.942. The van der Waals surface area contributed by atoms with E-state index in [4.69, 9.17) is 9.47 Å².